The van der Waals surface area contributed by atoms with Gasteiger partial charge in [-0.05, 0) is 19.3 Å². The maximum absolute atomic E-state index is 10.4. The second kappa shape index (κ2) is 14.7. The number of hydrogen-bond donors (Lipinski definition) is 4. The summed E-state index contributed by atoms with van der Waals surface area (Å²) in [5.74, 6) is -0.757. The quantitative estimate of drug-likeness (QED) is 0.273. The van der Waals surface area contributed by atoms with E-state index in [1.54, 1.807) is 6.08 Å². The highest BCUT2D eigenvalue weighted by Gasteiger charge is 2.13. The van der Waals surface area contributed by atoms with Crippen molar-refractivity contribution in [1.82, 2.24) is 0 Å². The lowest BCUT2D eigenvalue weighted by atomic mass is 10.0. The molecule has 0 fully saturated rings. The van der Waals surface area contributed by atoms with Gasteiger partial charge in [0.25, 0.3) is 0 Å². The van der Waals surface area contributed by atoms with Crippen LogP contribution in [0.25, 0.3) is 0 Å². The topological polar surface area (TPSA) is 98.0 Å². The first kappa shape index (κ1) is 22.1. The van der Waals surface area contributed by atoms with Crippen LogP contribution in [0, 0.1) is 0 Å². The van der Waals surface area contributed by atoms with E-state index in [1.807, 2.05) is 0 Å². The van der Waals surface area contributed by atoms with E-state index in [4.69, 9.17) is 5.11 Å². The Morgan fingerprint density at radius 1 is 0.870 bits per heavy atom. The standard InChI is InChI=1S/C18H34O5/c1-2-3-7-10-15(19)13-14-17(21)16(20)11-8-5-4-6-9-12-18(22)23/h13-17,19-21H,2-12H2,1H3,(H,22,23)/b14-13+/t15-,16+,17+/m1/s1. The van der Waals surface area contributed by atoms with Crippen LogP contribution in [0.2, 0.25) is 0 Å². The second-order valence-corrected chi connectivity index (χ2v) is 6.21. The van der Waals surface area contributed by atoms with Crippen LogP contribution in [0.15, 0.2) is 12.2 Å². The van der Waals surface area contributed by atoms with E-state index in [-0.39, 0.29) is 6.42 Å². The summed E-state index contributed by atoms with van der Waals surface area (Å²) in [6.45, 7) is 2.11. The Hall–Kier alpha value is -0.910. The maximum atomic E-state index is 10.4. The first-order valence-electron chi connectivity index (χ1n) is 8.91. The number of aliphatic carboxylic acids is 1. The molecular formula is C18H34O5. The van der Waals surface area contributed by atoms with Gasteiger partial charge in [-0.25, -0.2) is 0 Å². The molecule has 0 radical (unpaired) electrons. The number of carboxylic acid groups (broad SMARTS) is 1. The molecule has 5 nitrogen and oxygen atoms in total. The fourth-order valence-corrected chi connectivity index (χ4v) is 2.40. The normalized spacial score (nSPS) is 15.7. The molecule has 0 aliphatic heterocycles. The third kappa shape index (κ3) is 14.4. The lowest BCUT2D eigenvalue weighted by Gasteiger charge is -2.15. The molecule has 3 atom stereocenters. The largest absolute Gasteiger partial charge is 0.481 e. The van der Waals surface area contributed by atoms with E-state index in [1.165, 1.54) is 6.08 Å². The smallest absolute Gasteiger partial charge is 0.303 e. The zero-order valence-corrected chi connectivity index (χ0v) is 14.4. The molecule has 0 aromatic rings. The van der Waals surface area contributed by atoms with Crippen molar-refractivity contribution in [2.24, 2.45) is 0 Å². The predicted octanol–water partition coefficient (Wildman–Crippen LogP) is 3.02. The number of rotatable bonds is 15. The summed E-state index contributed by atoms with van der Waals surface area (Å²) in [6, 6.07) is 0. The summed E-state index contributed by atoms with van der Waals surface area (Å²) in [5.41, 5.74) is 0. The van der Waals surface area contributed by atoms with Crippen molar-refractivity contribution >= 4 is 5.97 Å². The molecule has 0 spiro atoms. The van der Waals surface area contributed by atoms with Gasteiger partial charge in [0.15, 0.2) is 0 Å². The molecule has 0 heterocycles. The summed E-state index contributed by atoms with van der Waals surface area (Å²) in [5, 5.41) is 37.9. The molecule has 23 heavy (non-hydrogen) atoms. The number of aliphatic hydroxyl groups excluding tert-OH is 3. The van der Waals surface area contributed by atoms with Crippen molar-refractivity contribution in [2.45, 2.75) is 95.9 Å². The molecule has 0 saturated carbocycles. The Morgan fingerprint density at radius 2 is 1.48 bits per heavy atom. The van der Waals surface area contributed by atoms with Gasteiger partial charge in [-0.2, -0.15) is 0 Å². The number of hydrogen-bond acceptors (Lipinski definition) is 4. The molecule has 0 bridgehead atoms. The van der Waals surface area contributed by atoms with E-state index in [2.05, 4.69) is 6.92 Å². The molecule has 136 valence electrons. The van der Waals surface area contributed by atoms with Crippen molar-refractivity contribution in [3.63, 3.8) is 0 Å². The average molecular weight is 330 g/mol. The number of unbranched alkanes of at least 4 members (excludes halogenated alkanes) is 6. The van der Waals surface area contributed by atoms with Gasteiger partial charge in [-0.1, -0.05) is 64.0 Å². The Kier molecular flexibility index (Phi) is 14.1. The van der Waals surface area contributed by atoms with E-state index in [0.717, 1.165) is 44.9 Å². The van der Waals surface area contributed by atoms with E-state index < -0.39 is 24.3 Å². The van der Waals surface area contributed by atoms with Crippen LogP contribution in [-0.4, -0.2) is 44.7 Å². The highest BCUT2D eigenvalue weighted by molar-refractivity contribution is 5.66. The molecule has 4 N–H and O–H groups in total. The summed E-state index contributed by atoms with van der Waals surface area (Å²) in [6.07, 6.45) is 9.55. The zero-order chi connectivity index (χ0) is 17.5. The summed E-state index contributed by atoms with van der Waals surface area (Å²) < 4.78 is 0. The van der Waals surface area contributed by atoms with E-state index >= 15 is 0 Å². The average Bonchev–Trinajstić information content (AvgIpc) is 2.51. The van der Waals surface area contributed by atoms with E-state index in [0.29, 0.717) is 19.3 Å². The lowest BCUT2D eigenvalue weighted by molar-refractivity contribution is -0.137. The Bertz CT molecular complexity index is 317. The van der Waals surface area contributed by atoms with Gasteiger partial charge in [0.1, 0.15) is 0 Å². The molecule has 0 rings (SSSR count). The van der Waals surface area contributed by atoms with Gasteiger partial charge >= 0.3 is 5.97 Å². The highest BCUT2D eigenvalue weighted by atomic mass is 16.4. The predicted molar refractivity (Wildman–Crippen MR) is 91.3 cm³/mol. The molecule has 0 aromatic heterocycles. The minimum absolute atomic E-state index is 0.215. The Morgan fingerprint density at radius 3 is 2.13 bits per heavy atom. The van der Waals surface area contributed by atoms with Gasteiger partial charge in [-0.3, -0.25) is 4.79 Å². The van der Waals surface area contributed by atoms with Gasteiger partial charge in [0.2, 0.25) is 0 Å². The molecule has 0 aromatic carbocycles. The van der Waals surface area contributed by atoms with Crippen molar-refractivity contribution in [1.29, 1.82) is 0 Å². The van der Waals surface area contributed by atoms with Gasteiger partial charge < -0.3 is 20.4 Å². The van der Waals surface area contributed by atoms with Crippen LogP contribution in [0.5, 0.6) is 0 Å². The fraction of sp³-hybridized carbons (Fsp3) is 0.833. The van der Waals surface area contributed by atoms with Crippen LogP contribution in [0.3, 0.4) is 0 Å². The van der Waals surface area contributed by atoms with Crippen LogP contribution in [0.1, 0.15) is 77.6 Å². The third-order valence-electron chi connectivity index (χ3n) is 3.92. The minimum atomic E-state index is -0.942. The highest BCUT2D eigenvalue weighted by Crippen LogP contribution is 2.12. The number of aliphatic hydroxyl groups is 3. The van der Waals surface area contributed by atoms with Crippen molar-refractivity contribution in [3.05, 3.63) is 12.2 Å². The fourth-order valence-electron chi connectivity index (χ4n) is 2.40. The molecule has 0 aliphatic carbocycles. The minimum Gasteiger partial charge on any atom is -0.481 e. The first-order valence-corrected chi connectivity index (χ1v) is 8.91. The SMILES string of the molecule is CCCCC[C@@H](O)/C=C/[C@H](O)[C@@H](O)CCCCCCCC(=O)O. The molecule has 0 unspecified atom stereocenters. The van der Waals surface area contributed by atoms with Gasteiger partial charge in [-0.15, -0.1) is 0 Å². The van der Waals surface area contributed by atoms with Crippen molar-refractivity contribution in [2.75, 3.05) is 0 Å². The number of carbonyl (C=O) groups is 1. The Balaban J connectivity index is 3.68. The first-order chi connectivity index (χ1) is 11.0. The van der Waals surface area contributed by atoms with Crippen LogP contribution in [0.4, 0.5) is 0 Å². The summed E-state index contributed by atoms with van der Waals surface area (Å²) >= 11 is 0. The Labute approximate surface area is 140 Å². The third-order valence-corrected chi connectivity index (χ3v) is 3.92. The van der Waals surface area contributed by atoms with E-state index in [9.17, 15) is 20.1 Å². The van der Waals surface area contributed by atoms with Gasteiger partial charge in [0.05, 0.1) is 18.3 Å². The number of carboxylic acids is 1. The molecular weight excluding hydrogens is 296 g/mol. The lowest BCUT2D eigenvalue weighted by Crippen LogP contribution is -2.24. The zero-order valence-electron chi connectivity index (χ0n) is 14.4. The molecule has 0 saturated heterocycles. The summed E-state index contributed by atoms with van der Waals surface area (Å²) in [4.78, 5) is 10.4. The van der Waals surface area contributed by atoms with Crippen LogP contribution < -0.4 is 0 Å². The summed E-state index contributed by atoms with van der Waals surface area (Å²) in [7, 11) is 0. The van der Waals surface area contributed by atoms with Crippen LogP contribution >= 0.6 is 0 Å². The monoisotopic (exact) mass is 330 g/mol. The van der Waals surface area contributed by atoms with Crippen molar-refractivity contribution < 1.29 is 25.2 Å². The van der Waals surface area contributed by atoms with Gasteiger partial charge in [0, 0.05) is 6.42 Å². The maximum Gasteiger partial charge on any atom is 0.303 e. The second-order valence-electron chi connectivity index (χ2n) is 6.21. The molecule has 0 aliphatic rings. The van der Waals surface area contributed by atoms with Crippen LogP contribution in [-0.2, 0) is 4.79 Å². The van der Waals surface area contributed by atoms with Crippen molar-refractivity contribution in [3.8, 4) is 0 Å². The molecule has 5 heteroatoms. The molecule has 0 amide bonds.